The Labute approximate surface area is 101 Å². The molecular weight excluding hydrogens is 222 g/mol. The van der Waals surface area contributed by atoms with Crippen LogP contribution in [0, 0.1) is 11.6 Å². The molecular formula is C13H18F2N2. The van der Waals surface area contributed by atoms with Gasteiger partial charge in [-0.25, -0.2) is 8.78 Å². The van der Waals surface area contributed by atoms with Crippen LogP contribution in [-0.4, -0.2) is 30.6 Å². The second-order valence-corrected chi connectivity index (χ2v) is 4.54. The molecule has 4 heteroatoms. The zero-order valence-corrected chi connectivity index (χ0v) is 10.0. The van der Waals surface area contributed by atoms with Crippen molar-refractivity contribution in [1.82, 2.24) is 10.2 Å². The fourth-order valence-electron chi connectivity index (χ4n) is 2.21. The van der Waals surface area contributed by atoms with Crippen LogP contribution in [0.5, 0.6) is 0 Å². The zero-order chi connectivity index (χ0) is 12.3. The highest BCUT2D eigenvalue weighted by molar-refractivity contribution is 5.17. The second kappa shape index (κ2) is 5.56. The first-order valence-corrected chi connectivity index (χ1v) is 6.08. The van der Waals surface area contributed by atoms with E-state index in [4.69, 9.17) is 0 Å². The lowest BCUT2D eigenvalue weighted by molar-refractivity contribution is 0.189. The van der Waals surface area contributed by atoms with Crippen LogP contribution >= 0.6 is 0 Å². The first kappa shape index (κ1) is 12.5. The molecule has 94 valence electrons. The minimum atomic E-state index is -0.777. The zero-order valence-electron chi connectivity index (χ0n) is 10.0. The summed E-state index contributed by atoms with van der Waals surface area (Å²) in [5.41, 5.74) is 0.834. The molecule has 0 bridgehead atoms. The summed E-state index contributed by atoms with van der Waals surface area (Å²) in [7, 11) is 0. The van der Waals surface area contributed by atoms with Crippen LogP contribution < -0.4 is 5.32 Å². The highest BCUT2D eigenvalue weighted by atomic mass is 19.2. The van der Waals surface area contributed by atoms with Crippen molar-refractivity contribution in [3.63, 3.8) is 0 Å². The van der Waals surface area contributed by atoms with Gasteiger partial charge in [0.2, 0.25) is 0 Å². The van der Waals surface area contributed by atoms with Crippen LogP contribution in [0.4, 0.5) is 8.78 Å². The van der Waals surface area contributed by atoms with Gasteiger partial charge in [-0.15, -0.1) is 0 Å². The van der Waals surface area contributed by atoms with Gasteiger partial charge in [0.25, 0.3) is 0 Å². The van der Waals surface area contributed by atoms with Crippen molar-refractivity contribution < 1.29 is 8.78 Å². The third kappa shape index (κ3) is 3.23. The van der Waals surface area contributed by atoms with Gasteiger partial charge in [-0.05, 0) is 24.1 Å². The van der Waals surface area contributed by atoms with E-state index in [1.54, 1.807) is 6.07 Å². The second-order valence-electron chi connectivity index (χ2n) is 4.54. The normalized spacial score (nSPS) is 21.7. The molecule has 1 aromatic rings. The predicted octanol–water partition coefficient (Wildman–Crippen LogP) is 2.15. The molecule has 0 radical (unpaired) electrons. The van der Waals surface area contributed by atoms with Crippen LogP contribution in [0.15, 0.2) is 18.2 Å². The summed E-state index contributed by atoms with van der Waals surface area (Å²) in [5, 5.41) is 3.43. The molecule has 1 atom stereocenters. The van der Waals surface area contributed by atoms with Crippen molar-refractivity contribution in [2.45, 2.75) is 25.9 Å². The first-order chi connectivity index (χ1) is 8.19. The molecule has 2 nitrogen and oxygen atoms in total. The van der Waals surface area contributed by atoms with Gasteiger partial charge in [0.1, 0.15) is 0 Å². The average Bonchev–Trinajstić information content (AvgIpc) is 2.34. The summed E-state index contributed by atoms with van der Waals surface area (Å²) in [6.45, 7) is 5.72. The van der Waals surface area contributed by atoms with Crippen LogP contribution in [0.3, 0.4) is 0 Å². The van der Waals surface area contributed by atoms with E-state index in [2.05, 4.69) is 17.1 Å². The Morgan fingerprint density at radius 2 is 2.18 bits per heavy atom. The lowest BCUT2D eigenvalue weighted by Crippen LogP contribution is -2.49. The Kier molecular flexibility index (Phi) is 4.07. The molecule has 1 unspecified atom stereocenters. The summed E-state index contributed by atoms with van der Waals surface area (Å²) in [6, 6.07) is 4.65. The van der Waals surface area contributed by atoms with Crippen LogP contribution in [-0.2, 0) is 6.54 Å². The number of hydrogen-bond donors (Lipinski definition) is 1. The fraction of sp³-hybridized carbons (Fsp3) is 0.538. The summed E-state index contributed by atoms with van der Waals surface area (Å²) >= 11 is 0. The van der Waals surface area contributed by atoms with Gasteiger partial charge in [0, 0.05) is 32.2 Å². The molecule has 1 fully saturated rings. The van der Waals surface area contributed by atoms with E-state index in [0.717, 1.165) is 31.6 Å². The molecule has 0 aliphatic carbocycles. The lowest BCUT2D eigenvalue weighted by Gasteiger charge is -2.33. The predicted molar refractivity (Wildman–Crippen MR) is 63.7 cm³/mol. The number of nitrogens with one attached hydrogen (secondary N) is 1. The Morgan fingerprint density at radius 3 is 2.88 bits per heavy atom. The summed E-state index contributed by atoms with van der Waals surface area (Å²) in [4.78, 5) is 2.28. The van der Waals surface area contributed by atoms with Gasteiger partial charge in [-0.1, -0.05) is 13.0 Å². The lowest BCUT2D eigenvalue weighted by atomic mass is 10.1. The summed E-state index contributed by atoms with van der Waals surface area (Å²) in [5.74, 6) is -1.54. The molecule has 1 heterocycles. The number of halogens is 2. The van der Waals surface area contributed by atoms with E-state index in [1.807, 2.05) is 0 Å². The number of benzene rings is 1. The van der Waals surface area contributed by atoms with Crippen LogP contribution in [0.1, 0.15) is 18.9 Å². The third-order valence-electron chi connectivity index (χ3n) is 3.22. The van der Waals surface area contributed by atoms with Crippen molar-refractivity contribution in [3.05, 3.63) is 35.4 Å². The molecule has 1 aromatic carbocycles. The van der Waals surface area contributed by atoms with Crippen LogP contribution in [0.25, 0.3) is 0 Å². The SMILES string of the molecule is CCC1CN(Cc2ccc(F)c(F)c2)CCN1. The molecule has 1 N–H and O–H groups in total. The minimum Gasteiger partial charge on any atom is -0.311 e. The third-order valence-corrected chi connectivity index (χ3v) is 3.22. The molecule has 17 heavy (non-hydrogen) atoms. The highest BCUT2D eigenvalue weighted by Gasteiger charge is 2.17. The van der Waals surface area contributed by atoms with E-state index in [0.29, 0.717) is 12.6 Å². The van der Waals surface area contributed by atoms with Crippen LogP contribution in [0.2, 0.25) is 0 Å². The van der Waals surface area contributed by atoms with Gasteiger partial charge < -0.3 is 5.32 Å². The fourth-order valence-corrected chi connectivity index (χ4v) is 2.21. The Bertz CT molecular complexity index is 382. The van der Waals surface area contributed by atoms with E-state index >= 15 is 0 Å². The largest absolute Gasteiger partial charge is 0.311 e. The first-order valence-electron chi connectivity index (χ1n) is 6.08. The van der Waals surface area contributed by atoms with Gasteiger partial charge in [0.05, 0.1) is 0 Å². The Balaban J connectivity index is 1.97. The average molecular weight is 240 g/mol. The quantitative estimate of drug-likeness (QED) is 0.871. The number of nitrogens with zero attached hydrogens (tertiary/aromatic N) is 1. The molecule has 0 spiro atoms. The molecule has 1 aliphatic heterocycles. The summed E-state index contributed by atoms with van der Waals surface area (Å²) in [6.07, 6.45) is 1.09. The highest BCUT2D eigenvalue weighted by Crippen LogP contribution is 2.12. The molecule has 1 saturated heterocycles. The van der Waals surface area contributed by atoms with Crippen molar-refractivity contribution in [2.75, 3.05) is 19.6 Å². The Hall–Kier alpha value is -1.00. The minimum absolute atomic E-state index is 0.508. The molecule has 0 amide bonds. The van der Waals surface area contributed by atoms with Gasteiger partial charge >= 0.3 is 0 Å². The van der Waals surface area contributed by atoms with Crippen molar-refractivity contribution >= 4 is 0 Å². The number of rotatable bonds is 3. The van der Waals surface area contributed by atoms with E-state index < -0.39 is 11.6 Å². The maximum atomic E-state index is 13.1. The molecule has 0 aromatic heterocycles. The van der Waals surface area contributed by atoms with Gasteiger partial charge in [0.15, 0.2) is 11.6 Å². The standard InChI is InChI=1S/C13H18F2N2/c1-2-11-9-17(6-5-16-11)8-10-3-4-12(14)13(15)7-10/h3-4,7,11,16H,2,5-6,8-9H2,1H3. The monoisotopic (exact) mass is 240 g/mol. The van der Waals surface area contributed by atoms with Crippen molar-refractivity contribution in [3.8, 4) is 0 Å². The number of piperazine rings is 1. The van der Waals surface area contributed by atoms with Crippen molar-refractivity contribution in [2.24, 2.45) is 0 Å². The maximum Gasteiger partial charge on any atom is 0.159 e. The van der Waals surface area contributed by atoms with E-state index in [-0.39, 0.29) is 0 Å². The summed E-state index contributed by atoms with van der Waals surface area (Å²) < 4.78 is 25.9. The smallest absolute Gasteiger partial charge is 0.159 e. The molecule has 0 saturated carbocycles. The van der Waals surface area contributed by atoms with E-state index in [1.165, 1.54) is 12.1 Å². The molecule has 1 aliphatic rings. The van der Waals surface area contributed by atoms with Gasteiger partial charge in [-0.2, -0.15) is 0 Å². The van der Waals surface area contributed by atoms with Gasteiger partial charge in [-0.3, -0.25) is 4.90 Å². The topological polar surface area (TPSA) is 15.3 Å². The maximum absolute atomic E-state index is 13.1. The molecule has 2 rings (SSSR count). The van der Waals surface area contributed by atoms with E-state index in [9.17, 15) is 8.78 Å². The number of hydrogen-bond acceptors (Lipinski definition) is 2. The van der Waals surface area contributed by atoms with Crippen molar-refractivity contribution in [1.29, 1.82) is 0 Å². The Morgan fingerprint density at radius 1 is 1.35 bits per heavy atom.